The van der Waals surface area contributed by atoms with Gasteiger partial charge >= 0.3 is 0 Å². The maximum atomic E-state index is 12.7. The van der Waals surface area contributed by atoms with Crippen LogP contribution in [0.1, 0.15) is 21.5 Å². The van der Waals surface area contributed by atoms with Gasteiger partial charge in [0.15, 0.2) is 5.78 Å². The Morgan fingerprint density at radius 2 is 1.61 bits per heavy atom. The molecule has 0 aliphatic carbocycles. The number of aryl methyl sites for hydroxylation is 1. The molecule has 1 N–H and O–H groups in total. The van der Waals surface area contributed by atoms with Crippen LogP contribution in [0.15, 0.2) is 77.3 Å². The Morgan fingerprint density at radius 1 is 0.939 bits per heavy atom. The Balaban J connectivity index is 1.55. The smallest absolute Gasteiger partial charge is 0.255 e. The number of hydrogen-bond acceptors (Lipinski definition) is 4. The molecule has 0 radical (unpaired) electrons. The molecule has 7 heteroatoms. The van der Waals surface area contributed by atoms with Crippen molar-refractivity contribution in [2.75, 3.05) is 25.1 Å². The summed E-state index contributed by atoms with van der Waals surface area (Å²) in [6.07, 6.45) is 0.238. The molecule has 0 heterocycles. The molecule has 0 fully saturated rings. The standard InChI is InChI=1S/C26H25BrN2O4/c1-18-7-13-21(14-8-18)29(2)25(31)16-28-26(32)23-5-3-4-6-24(23)33-17-22(30)15-19-9-11-20(27)12-10-19/h3-14H,15-17H2,1-2H3,(H,28,32). The highest BCUT2D eigenvalue weighted by Crippen LogP contribution is 2.19. The Morgan fingerprint density at radius 3 is 2.30 bits per heavy atom. The van der Waals surface area contributed by atoms with Crippen molar-refractivity contribution < 1.29 is 19.1 Å². The summed E-state index contributed by atoms with van der Waals surface area (Å²) in [7, 11) is 1.66. The minimum absolute atomic E-state index is 0.109. The lowest BCUT2D eigenvalue weighted by Gasteiger charge is -2.18. The fourth-order valence-electron chi connectivity index (χ4n) is 3.10. The van der Waals surface area contributed by atoms with Gasteiger partial charge in [-0.3, -0.25) is 14.4 Å². The molecule has 3 aromatic rings. The second-order valence-electron chi connectivity index (χ2n) is 7.60. The van der Waals surface area contributed by atoms with E-state index < -0.39 is 5.91 Å². The largest absolute Gasteiger partial charge is 0.485 e. The number of para-hydroxylation sites is 1. The molecule has 33 heavy (non-hydrogen) atoms. The number of ether oxygens (including phenoxy) is 1. The number of carbonyl (C=O) groups is 3. The van der Waals surface area contributed by atoms with Crippen LogP contribution in [0.25, 0.3) is 0 Å². The molecule has 0 aliphatic rings. The molecule has 3 aromatic carbocycles. The number of nitrogens with one attached hydrogen (secondary N) is 1. The van der Waals surface area contributed by atoms with Gasteiger partial charge in [-0.15, -0.1) is 0 Å². The molecule has 0 aliphatic heterocycles. The molecule has 0 saturated carbocycles. The molecular formula is C26H25BrN2O4. The quantitative estimate of drug-likeness (QED) is 0.466. The van der Waals surface area contributed by atoms with E-state index >= 15 is 0 Å². The SMILES string of the molecule is Cc1ccc(N(C)C(=O)CNC(=O)c2ccccc2OCC(=O)Cc2ccc(Br)cc2)cc1. The van der Waals surface area contributed by atoms with Crippen molar-refractivity contribution in [3.63, 3.8) is 0 Å². The second kappa shape index (κ2) is 11.4. The predicted octanol–water partition coefficient (Wildman–Crippen LogP) is 4.34. The first-order chi connectivity index (χ1) is 15.8. The summed E-state index contributed by atoms with van der Waals surface area (Å²) in [6.45, 7) is 1.65. The third kappa shape index (κ3) is 7.02. The van der Waals surface area contributed by atoms with E-state index in [1.807, 2.05) is 55.5 Å². The number of benzene rings is 3. The number of likely N-dealkylation sites (N-methyl/N-ethyl adjacent to an activating group) is 1. The van der Waals surface area contributed by atoms with Crippen LogP contribution < -0.4 is 15.0 Å². The van der Waals surface area contributed by atoms with Crippen LogP contribution in [0.2, 0.25) is 0 Å². The number of rotatable bonds is 9. The summed E-state index contributed by atoms with van der Waals surface area (Å²) in [5.74, 6) is -0.521. The summed E-state index contributed by atoms with van der Waals surface area (Å²) in [5.41, 5.74) is 2.99. The second-order valence-corrected chi connectivity index (χ2v) is 8.51. The zero-order chi connectivity index (χ0) is 23.8. The average molecular weight is 509 g/mol. The van der Waals surface area contributed by atoms with E-state index in [9.17, 15) is 14.4 Å². The van der Waals surface area contributed by atoms with Gasteiger partial charge in [0.2, 0.25) is 5.91 Å². The van der Waals surface area contributed by atoms with E-state index in [4.69, 9.17) is 4.74 Å². The van der Waals surface area contributed by atoms with E-state index in [2.05, 4.69) is 21.2 Å². The zero-order valence-electron chi connectivity index (χ0n) is 18.5. The van der Waals surface area contributed by atoms with E-state index in [-0.39, 0.29) is 36.8 Å². The van der Waals surface area contributed by atoms with Gasteiger partial charge in [-0.2, -0.15) is 0 Å². The summed E-state index contributed by atoms with van der Waals surface area (Å²) in [5, 5.41) is 2.63. The van der Waals surface area contributed by atoms with Crippen molar-refractivity contribution in [3.05, 3.63) is 94.0 Å². The number of hydrogen-bond donors (Lipinski definition) is 1. The minimum Gasteiger partial charge on any atom is -0.485 e. The van der Waals surface area contributed by atoms with Crippen LogP contribution in [0.4, 0.5) is 5.69 Å². The fraction of sp³-hybridized carbons (Fsp3) is 0.192. The van der Waals surface area contributed by atoms with Gasteiger partial charge in [-0.05, 0) is 48.9 Å². The molecular weight excluding hydrogens is 484 g/mol. The van der Waals surface area contributed by atoms with E-state index in [1.165, 1.54) is 4.90 Å². The van der Waals surface area contributed by atoms with Gasteiger partial charge in [0.25, 0.3) is 5.91 Å². The van der Waals surface area contributed by atoms with Crippen molar-refractivity contribution >= 4 is 39.2 Å². The lowest BCUT2D eigenvalue weighted by Crippen LogP contribution is -2.38. The van der Waals surface area contributed by atoms with Crippen molar-refractivity contribution in [1.82, 2.24) is 5.32 Å². The number of halogens is 1. The van der Waals surface area contributed by atoms with Crippen molar-refractivity contribution in [1.29, 1.82) is 0 Å². The summed E-state index contributed by atoms with van der Waals surface area (Å²) in [4.78, 5) is 39.0. The Kier molecular flexibility index (Phi) is 8.38. The van der Waals surface area contributed by atoms with Crippen LogP contribution in [-0.4, -0.2) is 37.8 Å². The van der Waals surface area contributed by atoms with Gasteiger partial charge in [0, 0.05) is 23.6 Å². The summed E-state index contributed by atoms with van der Waals surface area (Å²) < 4.78 is 6.58. The maximum Gasteiger partial charge on any atom is 0.255 e. The lowest BCUT2D eigenvalue weighted by atomic mass is 10.1. The zero-order valence-corrected chi connectivity index (χ0v) is 20.1. The molecule has 0 saturated heterocycles. The first kappa shape index (κ1) is 24.2. The van der Waals surface area contributed by atoms with Crippen molar-refractivity contribution in [3.8, 4) is 5.75 Å². The Hall–Kier alpha value is -3.45. The first-order valence-electron chi connectivity index (χ1n) is 10.4. The minimum atomic E-state index is -0.448. The van der Waals surface area contributed by atoms with Crippen LogP contribution in [0.5, 0.6) is 5.75 Å². The number of amides is 2. The highest BCUT2D eigenvalue weighted by Gasteiger charge is 2.16. The average Bonchev–Trinajstić information content (AvgIpc) is 2.82. The fourth-order valence-corrected chi connectivity index (χ4v) is 3.37. The van der Waals surface area contributed by atoms with Crippen molar-refractivity contribution in [2.24, 2.45) is 0 Å². The van der Waals surface area contributed by atoms with Gasteiger partial charge in [0.1, 0.15) is 12.4 Å². The lowest BCUT2D eigenvalue weighted by molar-refractivity contribution is -0.120. The highest BCUT2D eigenvalue weighted by molar-refractivity contribution is 9.10. The molecule has 170 valence electrons. The van der Waals surface area contributed by atoms with Gasteiger partial charge in [-0.25, -0.2) is 0 Å². The molecule has 6 nitrogen and oxygen atoms in total. The van der Waals surface area contributed by atoms with E-state index in [0.717, 1.165) is 21.3 Å². The van der Waals surface area contributed by atoms with E-state index in [0.29, 0.717) is 5.75 Å². The van der Waals surface area contributed by atoms with Gasteiger partial charge in [-0.1, -0.05) is 57.9 Å². The van der Waals surface area contributed by atoms with Crippen LogP contribution in [0, 0.1) is 6.92 Å². The van der Waals surface area contributed by atoms with Gasteiger partial charge < -0.3 is 15.0 Å². The van der Waals surface area contributed by atoms with E-state index in [1.54, 1.807) is 31.3 Å². The summed E-state index contributed by atoms with van der Waals surface area (Å²) >= 11 is 3.37. The third-order valence-corrected chi connectivity index (χ3v) is 5.56. The molecule has 0 atom stereocenters. The number of Topliss-reactive ketones (excluding diaryl/α,β-unsaturated/α-hetero) is 1. The highest BCUT2D eigenvalue weighted by atomic mass is 79.9. The van der Waals surface area contributed by atoms with Crippen LogP contribution >= 0.6 is 15.9 Å². The Bertz CT molecular complexity index is 1130. The van der Waals surface area contributed by atoms with Crippen LogP contribution in [-0.2, 0) is 16.0 Å². The molecule has 3 rings (SSSR count). The monoisotopic (exact) mass is 508 g/mol. The molecule has 0 aromatic heterocycles. The first-order valence-corrected chi connectivity index (χ1v) is 11.2. The Labute approximate surface area is 201 Å². The summed E-state index contributed by atoms with van der Waals surface area (Å²) in [6, 6.07) is 21.7. The van der Waals surface area contributed by atoms with Gasteiger partial charge in [0.05, 0.1) is 12.1 Å². The normalized spacial score (nSPS) is 10.4. The number of ketones is 1. The number of nitrogens with zero attached hydrogens (tertiary/aromatic N) is 1. The van der Waals surface area contributed by atoms with Crippen molar-refractivity contribution in [2.45, 2.75) is 13.3 Å². The third-order valence-electron chi connectivity index (χ3n) is 5.03. The molecule has 2 amide bonds. The topological polar surface area (TPSA) is 75.7 Å². The number of carbonyl (C=O) groups excluding carboxylic acids is 3. The molecule has 0 unspecified atom stereocenters. The molecule has 0 bridgehead atoms. The molecule has 0 spiro atoms. The van der Waals surface area contributed by atoms with Crippen LogP contribution in [0.3, 0.4) is 0 Å². The number of anilines is 1. The maximum absolute atomic E-state index is 12.7. The predicted molar refractivity (Wildman–Crippen MR) is 132 cm³/mol.